The second-order valence-electron chi connectivity index (χ2n) is 4.29. The molecule has 1 N–H and O–H groups in total. The first-order valence-corrected chi connectivity index (χ1v) is 6.06. The Balaban J connectivity index is 2.07. The summed E-state index contributed by atoms with van der Waals surface area (Å²) in [7, 11) is 1.53. The fraction of sp³-hybridized carbons (Fsp3) is 0.385. The Bertz CT molecular complexity index is 574. The zero-order valence-electron chi connectivity index (χ0n) is 11.2. The molecule has 20 heavy (non-hydrogen) atoms. The fourth-order valence-electron chi connectivity index (χ4n) is 1.80. The summed E-state index contributed by atoms with van der Waals surface area (Å²) >= 11 is 0. The number of hydrogen-bond donors (Lipinski definition) is 1. The molecule has 5 nitrogen and oxygen atoms in total. The minimum atomic E-state index is -0.888. The molecule has 2 aromatic rings. The van der Waals surface area contributed by atoms with Gasteiger partial charge in [0.05, 0.1) is 19.2 Å². The molecule has 7 heteroatoms. The van der Waals surface area contributed by atoms with Gasteiger partial charge in [0.15, 0.2) is 17.5 Å². The quantitative estimate of drug-likeness (QED) is 0.880. The van der Waals surface area contributed by atoms with E-state index in [4.69, 9.17) is 9.26 Å². The Morgan fingerprint density at radius 2 is 2.15 bits per heavy atom. The summed E-state index contributed by atoms with van der Waals surface area (Å²) < 4.78 is 36.1. The van der Waals surface area contributed by atoms with Crippen LogP contribution in [0.15, 0.2) is 22.7 Å². The lowest BCUT2D eigenvalue weighted by Crippen LogP contribution is -2.25. The number of aryl methyl sites for hydroxylation is 1. The normalized spacial score (nSPS) is 12.6. The highest BCUT2D eigenvalue weighted by Gasteiger charge is 2.14. The minimum Gasteiger partial charge on any atom is -0.383 e. The Labute approximate surface area is 114 Å². The molecule has 0 unspecified atom stereocenters. The number of nitrogens with zero attached hydrogens (tertiary/aromatic N) is 2. The first-order chi connectivity index (χ1) is 9.60. The van der Waals surface area contributed by atoms with Gasteiger partial charge in [-0.15, -0.1) is 0 Å². The van der Waals surface area contributed by atoms with E-state index in [1.807, 2.05) is 0 Å². The predicted octanol–water partition coefficient (Wildman–Crippen LogP) is 2.13. The lowest BCUT2D eigenvalue weighted by Gasteiger charge is -2.17. The monoisotopic (exact) mass is 283 g/mol. The summed E-state index contributed by atoms with van der Waals surface area (Å²) in [5.74, 6) is -0.802. The van der Waals surface area contributed by atoms with Gasteiger partial charge in [-0.1, -0.05) is 11.2 Å². The molecule has 1 aromatic carbocycles. The van der Waals surface area contributed by atoms with Gasteiger partial charge in [-0.3, -0.25) is 0 Å². The van der Waals surface area contributed by atoms with E-state index in [1.54, 1.807) is 6.92 Å². The first-order valence-electron chi connectivity index (χ1n) is 6.06. The van der Waals surface area contributed by atoms with E-state index >= 15 is 0 Å². The number of benzene rings is 1. The average Bonchev–Trinajstić information content (AvgIpc) is 2.84. The van der Waals surface area contributed by atoms with E-state index in [0.717, 1.165) is 12.1 Å². The van der Waals surface area contributed by atoms with Gasteiger partial charge in [0, 0.05) is 14.0 Å². The molecule has 0 aliphatic carbocycles. The molecule has 0 spiro atoms. The van der Waals surface area contributed by atoms with E-state index in [2.05, 4.69) is 15.5 Å². The Morgan fingerprint density at radius 3 is 2.75 bits per heavy atom. The van der Waals surface area contributed by atoms with Crippen LogP contribution in [0.3, 0.4) is 0 Å². The summed E-state index contributed by atoms with van der Waals surface area (Å²) in [4.78, 5) is 4.05. The smallest absolute Gasteiger partial charge is 0.223 e. The summed E-state index contributed by atoms with van der Waals surface area (Å²) in [5, 5.41) is 6.86. The SMILES string of the molecule is COC[C@H](NCc1noc(C)n1)c1ccc(F)c(F)c1. The van der Waals surface area contributed by atoms with E-state index < -0.39 is 11.6 Å². The molecule has 1 atom stereocenters. The molecule has 0 aliphatic rings. The average molecular weight is 283 g/mol. The molecule has 0 fully saturated rings. The summed E-state index contributed by atoms with van der Waals surface area (Å²) in [5.41, 5.74) is 0.589. The maximum Gasteiger partial charge on any atom is 0.223 e. The zero-order chi connectivity index (χ0) is 14.5. The molecule has 2 rings (SSSR count). The van der Waals surface area contributed by atoms with Gasteiger partial charge < -0.3 is 14.6 Å². The van der Waals surface area contributed by atoms with Gasteiger partial charge in [-0.05, 0) is 17.7 Å². The molecule has 0 amide bonds. The highest BCUT2D eigenvalue weighted by Crippen LogP contribution is 2.17. The van der Waals surface area contributed by atoms with Gasteiger partial charge >= 0.3 is 0 Å². The fourth-order valence-corrected chi connectivity index (χ4v) is 1.80. The van der Waals surface area contributed by atoms with E-state index in [0.29, 0.717) is 30.4 Å². The molecule has 1 aromatic heterocycles. The molecule has 1 heterocycles. The van der Waals surface area contributed by atoms with Crippen LogP contribution < -0.4 is 5.32 Å². The van der Waals surface area contributed by atoms with Crippen LogP contribution in [-0.4, -0.2) is 23.9 Å². The van der Waals surface area contributed by atoms with Crippen molar-refractivity contribution in [1.29, 1.82) is 0 Å². The highest BCUT2D eigenvalue weighted by atomic mass is 19.2. The van der Waals surface area contributed by atoms with Crippen molar-refractivity contribution in [3.63, 3.8) is 0 Å². The Hall–Kier alpha value is -1.86. The molecular formula is C13H15F2N3O2. The van der Waals surface area contributed by atoms with Crippen LogP contribution in [0.1, 0.15) is 23.3 Å². The summed E-state index contributed by atoms with van der Waals surface area (Å²) in [6.07, 6.45) is 0. The second-order valence-corrected chi connectivity index (χ2v) is 4.29. The zero-order valence-corrected chi connectivity index (χ0v) is 11.2. The maximum atomic E-state index is 13.3. The van der Waals surface area contributed by atoms with Crippen molar-refractivity contribution in [3.8, 4) is 0 Å². The third kappa shape index (κ3) is 3.58. The van der Waals surface area contributed by atoms with Crippen LogP contribution in [0.5, 0.6) is 0 Å². The van der Waals surface area contributed by atoms with E-state index in [9.17, 15) is 8.78 Å². The van der Waals surface area contributed by atoms with Crippen LogP contribution in [0.2, 0.25) is 0 Å². The number of ether oxygens (including phenoxy) is 1. The Morgan fingerprint density at radius 1 is 1.35 bits per heavy atom. The molecule has 0 saturated carbocycles. The lowest BCUT2D eigenvalue weighted by molar-refractivity contribution is 0.165. The Kier molecular flexibility index (Phi) is 4.75. The van der Waals surface area contributed by atoms with Crippen molar-refractivity contribution in [2.45, 2.75) is 19.5 Å². The molecule has 0 saturated heterocycles. The molecule has 0 aliphatic heterocycles. The number of methoxy groups -OCH3 is 1. The number of halogens is 2. The third-order valence-corrected chi connectivity index (χ3v) is 2.76. The lowest BCUT2D eigenvalue weighted by atomic mass is 10.1. The van der Waals surface area contributed by atoms with Gasteiger partial charge in [0.2, 0.25) is 5.89 Å². The minimum absolute atomic E-state index is 0.297. The molecule has 108 valence electrons. The first kappa shape index (κ1) is 14.5. The van der Waals surface area contributed by atoms with Gasteiger partial charge in [0.25, 0.3) is 0 Å². The maximum absolute atomic E-state index is 13.3. The van der Waals surface area contributed by atoms with Crippen molar-refractivity contribution in [2.75, 3.05) is 13.7 Å². The van der Waals surface area contributed by atoms with Crippen molar-refractivity contribution >= 4 is 0 Å². The predicted molar refractivity (Wildman–Crippen MR) is 66.8 cm³/mol. The van der Waals surface area contributed by atoms with Crippen LogP contribution in [0, 0.1) is 18.6 Å². The number of hydrogen-bond acceptors (Lipinski definition) is 5. The van der Waals surface area contributed by atoms with Gasteiger partial charge in [0.1, 0.15) is 0 Å². The van der Waals surface area contributed by atoms with Crippen molar-refractivity contribution in [1.82, 2.24) is 15.5 Å². The molecule has 0 bridgehead atoms. The molecule has 0 radical (unpaired) electrons. The number of aromatic nitrogens is 2. The van der Waals surface area contributed by atoms with Crippen LogP contribution in [0.25, 0.3) is 0 Å². The highest BCUT2D eigenvalue weighted by molar-refractivity contribution is 5.21. The van der Waals surface area contributed by atoms with Crippen molar-refractivity contribution < 1.29 is 18.0 Å². The standard InChI is InChI=1S/C13H15F2N3O2/c1-8-17-13(18-20-8)6-16-12(7-19-2)9-3-4-10(14)11(15)5-9/h3-5,12,16H,6-7H2,1-2H3/t12-/m0/s1. The van der Waals surface area contributed by atoms with Crippen molar-refractivity contribution in [2.24, 2.45) is 0 Å². The summed E-state index contributed by atoms with van der Waals surface area (Å²) in [6.45, 7) is 2.34. The van der Waals surface area contributed by atoms with E-state index in [1.165, 1.54) is 13.2 Å². The molecular weight excluding hydrogens is 268 g/mol. The topological polar surface area (TPSA) is 60.2 Å². The van der Waals surface area contributed by atoms with Gasteiger partial charge in [-0.2, -0.15) is 4.98 Å². The van der Waals surface area contributed by atoms with Crippen LogP contribution >= 0.6 is 0 Å². The summed E-state index contributed by atoms with van der Waals surface area (Å²) in [6, 6.07) is 3.45. The van der Waals surface area contributed by atoms with Crippen LogP contribution in [-0.2, 0) is 11.3 Å². The van der Waals surface area contributed by atoms with Gasteiger partial charge in [-0.25, -0.2) is 8.78 Å². The van der Waals surface area contributed by atoms with Crippen LogP contribution in [0.4, 0.5) is 8.78 Å². The third-order valence-electron chi connectivity index (χ3n) is 2.76. The number of rotatable bonds is 6. The second kappa shape index (κ2) is 6.53. The number of nitrogens with one attached hydrogen (secondary N) is 1. The van der Waals surface area contributed by atoms with Crippen molar-refractivity contribution in [3.05, 3.63) is 47.1 Å². The largest absolute Gasteiger partial charge is 0.383 e. The van der Waals surface area contributed by atoms with E-state index in [-0.39, 0.29) is 6.04 Å².